The molecule has 0 radical (unpaired) electrons. The number of hydrogen-bond donors (Lipinski definition) is 2. The second-order valence-corrected chi connectivity index (χ2v) is 6.20. The van der Waals surface area contributed by atoms with Crippen molar-refractivity contribution in [3.05, 3.63) is 29.3 Å². The molecule has 22 heavy (non-hydrogen) atoms. The van der Waals surface area contributed by atoms with Gasteiger partial charge in [-0.3, -0.25) is 9.59 Å². The van der Waals surface area contributed by atoms with Gasteiger partial charge in [0, 0.05) is 31.3 Å². The molecule has 1 aliphatic heterocycles. The molecule has 5 nitrogen and oxygen atoms in total. The fraction of sp³-hybridized carbons (Fsp3) is 0.529. The zero-order valence-corrected chi connectivity index (χ0v) is 13.4. The van der Waals surface area contributed by atoms with Crippen molar-refractivity contribution >= 4 is 17.5 Å². The SMILES string of the molecule is CC(O)CC(C)CNC(=O)c1ccc2c(c1)CCC(=O)N2C. The van der Waals surface area contributed by atoms with Gasteiger partial charge in [0.05, 0.1) is 6.10 Å². The van der Waals surface area contributed by atoms with Crippen LogP contribution in [0.5, 0.6) is 0 Å². The van der Waals surface area contributed by atoms with Crippen LogP contribution >= 0.6 is 0 Å². The third kappa shape index (κ3) is 3.85. The van der Waals surface area contributed by atoms with Gasteiger partial charge >= 0.3 is 0 Å². The van der Waals surface area contributed by atoms with Gasteiger partial charge in [0.25, 0.3) is 5.91 Å². The Balaban J connectivity index is 2.01. The molecule has 1 aromatic carbocycles. The van der Waals surface area contributed by atoms with Gasteiger partial charge in [-0.15, -0.1) is 0 Å². The molecule has 0 bridgehead atoms. The average molecular weight is 304 g/mol. The van der Waals surface area contributed by atoms with Crippen molar-refractivity contribution in [1.29, 1.82) is 0 Å². The number of benzene rings is 1. The summed E-state index contributed by atoms with van der Waals surface area (Å²) in [7, 11) is 1.76. The van der Waals surface area contributed by atoms with Crippen LogP contribution in [0.3, 0.4) is 0 Å². The maximum absolute atomic E-state index is 12.2. The topological polar surface area (TPSA) is 69.6 Å². The molecule has 0 aliphatic carbocycles. The zero-order chi connectivity index (χ0) is 16.3. The van der Waals surface area contributed by atoms with Crippen LogP contribution in [0.25, 0.3) is 0 Å². The molecule has 0 saturated carbocycles. The molecule has 2 amide bonds. The number of anilines is 1. The molecule has 0 saturated heterocycles. The van der Waals surface area contributed by atoms with Crippen molar-refractivity contribution in [2.75, 3.05) is 18.5 Å². The van der Waals surface area contributed by atoms with E-state index in [0.29, 0.717) is 31.4 Å². The number of fused-ring (bicyclic) bond motifs is 1. The average Bonchev–Trinajstić information content (AvgIpc) is 2.47. The highest BCUT2D eigenvalue weighted by molar-refractivity contribution is 5.98. The van der Waals surface area contributed by atoms with Crippen LogP contribution in [0.2, 0.25) is 0 Å². The molecule has 2 N–H and O–H groups in total. The number of hydrogen-bond acceptors (Lipinski definition) is 3. The number of nitrogens with zero attached hydrogens (tertiary/aromatic N) is 1. The van der Waals surface area contributed by atoms with Crippen molar-refractivity contribution in [2.24, 2.45) is 5.92 Å². The number of nitrogens with one attached hydrogen (secondary N) is 1. The first-order valence-electron chi connectivity index (χ1n) is 7.74. The Morgan fingerprint density at radius 1 is 1.36 bits per heavy atom. The summed E-state index contributed by atoms with van der Waals surface area (Å²) in [6.07, 6.45) is 1.47. The van der Waals surface area contributed by atoms with Crippen molar-refractivity contribution in [3.8, 4) is 0 Å². The molecule has 120 valence electrons. The summed E-state index contributed by atoms with van der Waals surface area (Å²) in [4.78, 5) is 25.5. The van der Waals surface area contributed by atoms with E-state index in [0.717, 1.165) is 11.3 Å². The van der Waals surface area contributed by atoms with Crippen LogP contribution in [0.15, 0.2) is 18.2 Å². The van der Waals surface area contributed by atoms with E-state index in [-0.39, 0.29) is 23.8 Å². The second kappa shape index (κ2) is 6.92. The van der Waals surface area contributed by atoms with E-state index in [1.807, 2.05) is 19.1 Å². The van der Waals surface area contributed by atoms with Crippen LogP contribution in [0, 0.1) is 5.92 Å². The van der Waals surface area contributed by atoms with E-state index in [2.05, 4.69) is 5.32 Å². The maximum atomic E-state index is 12.2. The molecule has 2 atom stereocenters. The summed E-state index contributed by atoms with van der Waals surface area (Å²) in [5, 5.41) is 12.2. The van der Waals surface area contributed by atoms with E-state index in [9.17, 15) is 14.7 Å². The lowest BCUT2D eigenvalue weighted by atomic mass is 9.98. The number of carbonyl (C=O) groups is 2. The van der Waals surface area contributed by atoms with Crippen LogP contribution < -0.4 is 10.2 Å². The Labute approximate surface area is 131 Å². The van der Waals surface area contributed by atoms with Crippen LogP contribution in [-0.4, -0.2) is 36.6 Å². The van der Waals surface area contributed by atoms with Gasteiger partial charge in [-0.25, -0.2) is 0 Å². The Bertz CT molecular complexity index is 569. The second-order valence-electron chi connectivity index (χ2n) is 6.20. The van der Waals surface area contributed by atoms with Crippen LogP contribution in [0.1, 0.15) is 42.6 Å². The number of aryl methyl sites for hydroxylation is 1. The van der Waals surface area contributed by atoms with E-state index in [1.54, 1.807) is 24.9 Å². The van der Waals surface area contributed by atoms with Gasteiger partial charge in [-0.2, -0.15) is 0 Å². The lowest BCUT2D eigenvalue weighted by Gasteiger charge is -2.26. The smallest absolute Gasteiger partial charge is 0.251 e. The first-order valence-corrected chi connectivity index (χ1v) is 7.74. The lowest BCUT2D eigenvalue weighted by molar-refractivity contribution is -0.118. The van der Waals surface area contributed by atoms with Gasteiger partial charge in [-0.05, 0) is 49.4 Å². The fourth-order valence-corrected chi connectivity index (χ4v) is 2.83. The van der Waals surface area contributed by atoms with Gasteiger partial charge in [0.1, 0.15) is 0 Å². The predicted octanol–water partition coefficient (Wildman–Crippen LogP) is 1.73. The molecular weight excluding hydrogens is 280 g/mol. The van der Waals surface area contributed by atoms with E-state index < -0.39 is 0 Å². The Morgan fingerprint density at radius 3 is 2.77 bits per heavy atom. The number of rotatable bonds is 5. The van der Waals surface area contributed by atoms with E-state index in [4.69, 9.17) is 0 Å². The summed E-state index contributed by atoms with van der Waals surface area (Å²) in [6, 6.07) is 5.45. The zero-order valence-electron chi connectivity index (χ0n) is 13.4. The fourth-order valence-electron chi connectivity index (χ4n) is 2.83. The number of amides is 2. The summed E-state index contributed by atoms with van der Waals surface area (Å²) in [6.45, 7) is 4.29. The monoisotopic (exact) mass is 304 g/mol. The minimum atomic E-state index is -0.358. The minimum absolute atomic E-state index is 0.108. The molecule has 5 heteroatoms. The first kappa shape index (κ1) is 16.5. The summed E-state index contributed by atoms with van der Waals surface area (Å²) in [5.41, 5.74) is 2.53. The summed E-state index contributed by atoms with van der Waals surface area (Å²) >= 11 is 0. The largest absolute Gasteiger partial charge is 0.393 e. The molecule has 1 aliphatic rings. The van der Waals surface area contributed by atoms with Gasteiger partial charge in [0.2, 0.25) is 5.91 Å². The molecule has 0 aromatic heterocycles. The van der Waals surface area contributed by atoms with Gasteiger partial charge in [-0.1, -0.05) is 6.92 Å². The Morgan fingerprint density at radius 2 is 2.09 bits per heavy atom. The quantitative estimate of drug-likeness (QED) is 0.870. The third-order valence-corrected chi connectivity index (χ3v) is 4.04. The van der Waals surface area contributed by atoms with Gasteiger partial charge < -0.3 is 15.3 Å². The van der Waals surface area contributed by atoms with Crippen molar-refractivity contribution in [1.82, 2.24) is 5.32 Å². The standard InChI is InChI=1S/C17H24N2O3/c1-11(8-12(2)20)10-18-17(22)14-4-6-15-13(9-14)5-7-16(21)19(15)3/h4,6,9,11-12,20H,5,7-8,10H2,1-3H3,(H,18,22). The Kier molecular flexibility index (Phi) is 5.19. The maximum Gasteiger partial charge on any atom is 0.251 e. The molecule has 2 rings (SSSR count). The highest BCUT2D eigenvalue weighted by atomic mass is 16.3. The molecule has 1 aromatic rings. The molecular formula is C17H24N2O3. The number of aliphatic hydroxyl groups is 1. The normalized spacial score (nSPS) is 16.9. The summed E-state index contributed by atoms with van der Waals surface area (Å²) in [5.74, 6) is 0.224. The Hall–Kier alpha value is -1.88. The lowest BCUT2D eigenvalue weighted by Crippen LogP contribution is -2.32. The molecule has 2 unspecified atom stereocenters. The molecule has 0 fully saturated rings. The number of carbonyl (C=O) groups excluding carboxylic acids is 2. The van der Waals surface area contributed by atoms with Crippen molar-refractivity contribution in [2.45, 2.75) is 39.2 Å². The van der Waals surface area contributed by atoms with Crippen molar-refractivity contribution < 1.29 is 14.7 Å². The van der Waals surface area contributed by atoms with E-state index in [1.165, 1.54) is 0 Å². The molecule has 0 spiro atoms. The number of aliphatic hydroxyl groups excluding tert-OH is 1. The highest BCUT2D eigenvalue weighted by Crippen LogP contribution is 2.27. The van der Waals surface area contributed by atoms with Crippen LogP contribution in [-0.2, 0) is 11.2 Å². The van der Waals surface area contributed by atoms with Crippen molar-refractivity contribution in [3.63, 3.8) is 0 Å². The molecule has 1 heterocycles. The van der Waals surface area contributed by atoms with Crippen LogP contribution in [0.4, 0.5) is 5.69 Å². The third-order valence-electron chi connectivity index (χ3n) is 4.04. The predicted molar refractivity (Wildman–Crippen MR) is 86.0 cm³/mol. The minimum Gasteiger partial charge on any atom is -0.393 e. The first-order chi connectivity index (χ1) is 10.4. The van der Waals surface area contributed by atoms with E-state index >= 15 is 0 Å². The van der Waals surface area contributed by atoms with Gasteiger partial charge in [0.15, 0.2) is 0 Å². The summed E-state index contributed by atoms with van der Waals surface area (Å²) < 4.78 is 0. The highest BCUT2D eigenvalue weighted by Gasteiger charge is 2.21.